The van der Waals surface area contributed by atoms with Crippen LogP contribution in [0.3, 0.4) is 0 Å². The number of hydrogen-bond acceptors (Lipinski definition) is 3. The van der Waals surface area contributed by atoms with Crippen molar-refractivity contribution in [2.75, 3.05) is 19.8 Å². The summed E-state index contributed by atoms with van der Waals surface area (Å²) in [5, 5.41) is 12.3. The predicted molar refractivity (Wildman–Crippen MR) is 72.5 cm³/mol. The highest BCUT2D eigenvalue weighted by atomic mass is 16.4. The number of carbonyl (C=O) groups is 1. The summed E-state index contributed by atoms with van der Waals surface area (Å²) in [6.45, 7) is 6.58. The zero-order valence-electron chi connectivity index (χ0n) is 11.1. The molecule has 0 aliphatic heterocycles. The minimum Gasteiger partial charge on any atom is -0.480 e. The Morgan fingerprint density at radius 1 is 1.28 bits per heavy atom. The van der Waals surface area contributed by atoms with E-state index in [-0.39, 0.29) is 0 Å². The van der Waals surface area contributed by atoms with Gasteiger partial charge < -0.3 is 5.11 Å². The van der Waals surface area contributed by atoms with E-state index in [2.05, 4.69) is 24.1 Å². The van der Waals surface area contributed by atoms with Gasteiger partial charge >= 0.3 is 5.97 Å². The zero-order valence-corrected chi connectivity index (χ0v) is 11.1. The summed E-state index contributed by atoms with van der Waals surface area (Å²) in [6.07, 6.45) is 0.511. The molecular weight excluding hydrogens is 228 g/mol. The maximum atomic E-state index is 11.2. The van der Waals surface area contributed by atoms with E-state index >= 15 is 0 Å². The molecule has 4 heteroatoms. The summed E-state index contributed by atoms with van der Waals surface area (Å²) >= 11 is 0. The highest BCUT2D eigenvalue weighted by Gasteiger charge is 2.17. The second-order valence-electron chi connectivity index (χ2n) is 4.25. The van der Waals surface area contributed by atoms with Crippen LogP contribution in [0.1, 0.15) is 19.4 Å². The van der Waals surface area contributed by atoms with E-state index in [1.165, 1.54) is 0 Å². The molecule has 0 fully saturated rings. The molecule has 0 amide bonds. The van der Waals surface area contributed by atoms with Crippen LogP contribution >= 0.6 is 0 Å². The van der Waals surface area contributed by atoms with Gasteiger partial charge in [-0.3, -0.25) is 15.0 Å². The number of rotatable bonds is 8. The van der Waals surface area contributed by atoms with Crippen molar-refractivity contribution in [1.82, 2.24) is 10.2 Å². The predicted octanol–water partition coefficient (Wildman–Crippen LogP) is 1.57. The number of nitrogens with zero attached hydrogens (tertiary/aromatic N) is 1. The normalized spacial score (nSPS) is 12.6. The van der Waals surface area contributed by atoms with E-state index < -0.39 is 12.0 Å². The Hall–Kier alpha value is -1.39. The Kier molecular flexibility index (Phi) is 6.39. The van der Waals surface area contributed by atoms with Gasteiger partial charge in [-0.25, -0.2) is 0 Å². The highest BCUT2D eigenvalue weighted by molar-refractivity contribution is 5.73. The Morgan fingerprint density at radius 2 is 1.89 bits per heavy atom. The molecule has 100 valence electrons. The quantitative estimate of drug-likeness (QED) is 0.688. The Morgan fingerprint density at radius 3 is 2.39 bits per heavy atom. The van der Waals surface area contributed by atoms with Gasteiger partial charge in [0.2, 0.25) is 0 Å². The van der Waals surface area contributed by atoms with Crippen LogP contribution in [-0.4, -0.2) is 41.8 Å². The number of hydrogen-bond donors (Lipinski definition) is 2. The van der Waals surface area contributed by atoms with Gasteiger partial charge in [-0.2, -0.15) is 0 Å². The molecular formula is C14H22N2O2. The molecule has 0 heterocycles. The van der Waals surface area contributed by atoms with Gasteiger partial charge in [-0.1, -0.05) is 44.2 Å². The molecule has 0 aliphatic rings. The maximum Gasteiger partial charge on any atom is 0.321 e. The topological polar surface area (TPSA) is 52.6 Å². The van der Waals surface area contributed by atoms with Crippen molar-refractivity contribution in [2.45, 2.75) is 26.3 Å². The molecule has 0 saturated carbocycles. The van der Waals surface area contributed by atoms with Crippen LogP contribution in [0.5, 0.6) is 0 Å². The van der Waals surface area contributed by atoms with Crippen molar-refractivity contribution in [3.05, 3.63) is 35.9 Å². The largest absolute Gasteiger partial charge is 0.480 e. The molecule has 2 N–H and O–H groups in total. The molecule has 1 aromatic rings. The van der Waals surface area contributed by atoms with E-state index in [0.717, 1.165) is 18.7 Å². The molecule has 0 spiro atoms. The van der Waals surface area contributed by atoms with Crippen LogP contribution in [0.25, 0.3) is 0 Å². The van der Waals surface area contributed by atoms with E-state index in [0.29, 0.717) is 13.1 Å². The lowest BCUT2D eigenvalue weighted by Crippen LogP contribution is -2.44. The smallest absolute Gasteiger partial charge is 0.321 e. The van der Waals surface area contributed by atoms with Crippen molar-refractivity contribution in [2.24, 2.45) is 0 Å². The summed E-state index contributed by atoms with van der Waals surface area (Å²) in [6, 6.07) is 9.16. The number of benzene rings is 1. The van der Waals surface area contributed by atoms with Gasteiger partial charge in [-0.05, 0) is 25.1 Å². The summed E-state index contributed by atoms with van der Waals surface area (Å²) in [4.78, 5) is 13.4. The Balaban J connectivity index is 2.53. The third-order valence-electron chi connectivity index (χ3n) is 3.04. The zero-order chi connectivity index (χ0) is 13.4. The first-order valence-electron chi connectivity index (χ1n) is 6.39. The minimum absolute atomic E-state index is 0.511. The first-order valence-corrected chi connectivity index (χ1v) is 6.39. The van der Waals surface area contributed by atoms with Crippen molar-refractivity contribution in [3.63, 3.8) is 0 Å². The second kappa shape index (κ2) is 7.84. The molecule has 0 radical (unpaired) electrons. The SMILES string of the molecule is CCN(CC)CN[C@@H](Cc1ccccc1)C(=O)O. The standard InChI is InChI=1S/C14H22N2O2/c1-3-16(4-2)11-15-13(14(17)18)10-12-8-6-5-7-9-12/h5-9,13,15H,3-4,10-11H2,1-2H3,(H,17,18)/t13-/m0/s1. The van der Waals surface area contributed by atoms with Crippen LogP contribution in [0, 0.1) is 0 Å². The van der Waals surface area contributed by atoms with Crippen molar-refractivity contribution in [1.29, 1.82) is 0 Å². The van der Waals surface area contributed by atoms with Gasteiger partial charge in [0.25, 0.3) is 0 Å². The fourth-order valence-electron chi connectivity index (χ4n) is 1.78. The third-order valence-corrected chi connectivity index (χ3v) is 3.04. The fourth-order valence-corrected chi connectivity index (χ4v) is 1.78. The summed E-state index contributed by atoms with van der Waals surface area (Å²) in [5.41, 5.74) is 1.04. The van der Waals surface area contributed by atoms with Gasteiger partial charge in [0, 0.05) is 6.67 Å². The molecule has 1 rings (SSSR count). The molecule has 0 bridgehead atoms. The molecule has 0 aliphatic carbocycles. The van der Waals surface area contributed by atoms with Gasteiger partial charge in [0.05, 0.1) is 0 Å². The summed E-state index contributed by atoms with van der Waals surface area (Å²) in [7, 11) is 0. The first kappa shape index (κ1) is 14.7. The molecule has 0 unspecified atom stereocenters. The summed E-state index contributed by atoms with van der Waals surface area (Å²) in [5.74, 6) is -0.800. The molecule has 0 saturated heterocycles. The van der Waals surface area contributed by atoms with E-state index in [1.54, 1.807) is 0 Å². The van der Waals surface area contributed by atoms with Gasteiger partial charge in [0.1, 0.15) is 6.04 Å². The highest BCUT2D eigenvalue weighted by Crippen LogP contribution is 2.03. The van der Waals surface area contributed by atoms with E-state index in [1.807, 2.05) is 30.3 Å². The molecule has 4 nitrogen and oxygen atoms in total. The van der Waals surface area contributed by atoms with Crippen LogP contribution in [0.4, 0.5) is 0 Å². The van der Waals surface area contributed by atoms with Crippen LogP contribution in [-0.2, 0) is 11.2 Å². The van der Waals surface area contributed by atoms with E-state index in [4.69, 9.17) is 0 Å². The lowest BCUT2D eigenvalue weighted by atomic mass is 10.1. The van der Waals surface area contributed by atoms with Crippen molar-refractivity contribution >= 4 is 5.97 Å². The molecule has 1 atom stereocenters. The molecule has 1 aromatic carbocycles. The van der Waals surface area contributed by atoms with Crippen molar-refractivity contribution in [3.8, 4) is 0 Å². The van der Waals surface area contributed by atoms with Crippen LogP contribution in [0.2, 0.25) is 0 Å². The van der Waals surface area contributed by atoms with Gasteiger partial charge in [-0.15, -0.1) is 0 Å². The third kappa shape index (κ3) is 4.85. The summed E-state index contributed by atoms with van der Waals surface area (Å²) < 4.78 is 0. The number of carboxylic acid groups (broad SMARTS) is 1. The number of carboxylic acids is 1. The molecule has 18 heavy (non-hydrogen) atoms. The minimum atomic E-state index is -0.800. The molecule has 0 aromatic heterocycles. The Bertz CT molecular complexity index is 350. The Labute approximate surface area is 109 Å². The van der Waals surface area contributed by atoms with Crippen molar-refractivity contribution < 1.29 is 9.90 Å². The number of nitrogens with one attached hydrogen (secondary N) is 1. The van der Waals surface area contributed by atoms with E-state index in [9.17, 15) is 9.90 Å². The lowest BCUT2D eigenvalue weighted by molar-refractivity contribution is -0.139. The maximum absolute atomic E-state index is 11.2. The average molecular weight is 250 g/mol. The van der Waals surface area contributed by atoms with Crippen LogP contribution in [0.15, 0.2) is 30.3 Å². The van der Waals surface area contributed by atoms with Gasteiger partial charge in [0.15, 0.2) is 0 Å². The lowest BCUT2D eigenvalue weighted by Gasteiger charge is -2.22. The number of aliphatic carboxylic acids is 1. The first-order chi connectivity index (χ1) is 8.67. The average Bonchev–Trinajstić information content (AvgIpc) is 2.39. The van der Waals surface area contributed by atoms with Crippen LogP contribution < -0.4 is 5.32 Å². The second-order valence-corrected chi connectivity index (χ2v) is 4.25. The fraction of sp³-hybridized carbons (Fsp3) is 0.500. The monoisotopic (exact) mass is 250 g/mol.